The van der Waals surface area contributed by atoms with Gasteiger partial charge in [-0.1, -0.05) is 50.6 Å². The second-order valence-corrected chi connectivity index (χ2v) is 10.9. The van der Waals surface area contributed by atoms with Crippen molar-refractivity contribution in [2.45, 2.75) is 116 Å². The summed E-state index contributed by atoms with van der Waals surface area (Å²) in [6.45, 7) is 13.2. The van der Waals surface area contributed by atoms with Crippen LogP contribution in [-0.2, 0) is 4.74 Å². The minimum absolute atomic E-state index is 0.204. The van der Waals surface area contributed by atoms with Crippen molar-refractivity contribution in [1.29, 1.82) is 0 Å². The van der Waals surface area contributed by atoms with Crippen LogP contribution < -0.4 is 0 Å². The van der Waals surface area contributed by atoms with Gasteiger partial charge in [0, 0.05) is 6.61 Å². The summed E-state index contributed by atoms with van der Waals surface area (Å²) in [6.07, 6.45) is 12.8. The average molecular weight is 447 g/mol. The molecule has 0 aliphatic heterocycles. The zero-order chi connectivity index (χ0) is 23.5. The fraction of sp³-hybridized carbons (Fsp3) is 0.786. The normalized spacial score (nSPS) is 35.8. The molecule has 32 heavy (non-hydrogen) atoms. The lowest BCUT2D eigenvalue weighted by Crippen LogP contribution is -2.39. The van der Waals surface area contributed by atoms with E-state index >= 15 is 0 Å². The second kappa shape index (κ2) is 10.5. The van der Waals surface area contributed by atoms with E-state index in [2.05, 4.69) is 32.6 Å². The number of fused-ring (bicyclic) bond motifs is 1. The van der Waals surface area contributed by atoms with Crippen LogP contribution in [0.25, 0.3) is 0 Å². The monoisotopic (exact) mass is 446 g/mol. The topological polar surface area (TPSA) is 69.9 Å². The van der Waals surface area contributed by atoms with Crippen molar-refractivity contribution < 1.29 is 20.1 Å². The summed E-state index contributed by atoms with van der Waals surface area (Å²) in [5.74, 6) is 1.13. The Morgan fingerprint density at radius 3 is 2.44 bits per heavy atom. The van der Waals surface area contributed by atoms with Gasteiger partial charge in [0.1, 0.15) is 0 Å². The molecule has 0 spiro atoms. The molecule has 4 nitrogen and oxygen atoms in total. The van der Waals surface area contributed by atoms with Crippen molar-refractivity contribution in [3.8, 4) is 0 Å². The van der Waals surface area contributed by atoms with Crippen LogP contribution in [0.2, 0.25) is 0 Å². The maximum atomic E-state index is 10.6. The molecule has 0 aromatic rings. The summed E-state index contributed by atoms with van der Waals surface area (Å²) in [7, 11) is 0. The van der Waals surface area contributed by atoms with Gasteiger partial charge in [0.15, 0.2) is 0 Å². The fourth-order valence-corrected chi connectivity index (χ4v) is 6.63. The van der Waals surface area contributed by atoms with Gasteiger partial charge in [-0.3, -0.25) is 0 Å². The van der Waals surface area contributed by atoms with E-state index in [-0.39, 0.29) is 11.5 Å². The lowest BCUT2D eigenvalue weighted by molar-refractivity contribution is -0.0559. The molecule has 3 N–H and O–H groups in total. The molecule has 6 atom stereocenters. The van der Waals surface area contributed by atoms with Crippen LogP contribution in [0, 0.1) is 17.3 Å². The average Bonchev–Trinajstić information content (AvgIpc) is 3.13. The lowest BCUT2D eigenvalue weighted by Gasteiger charge is -2.44. The highest BCUT2D eigenvalue weighted by Gasteiger charge is 2.51. The lowest BCUT2D eigenvalue weighted by atomic mass is 9.62. The summed E-state index contributed by atoms with van der Waals surface area (Å²) in [6, 6.07) is 0. The van der Waals surface area contributed by atoms with Crippen LogP contribution in [-0.4, -0.2) is 45.8 Å². The number of hydrogen-bond donors (Lipinski definition) is 3. The molecule has 2 unspecified atom stereocenters. The van der Waals surface area contributed by atoms with Crippen molar-refractivity contribution >= 4 is 0 Å². The number of allylic oxidation sites excluding steroid dienone is 3. The summed E-state index contributed by atoms with van der Waals surface area (Å²) in [4.78, 5) is 0. The molecule has 3 aliphatic carbocycles. The van der Waals surface area contributed by atoms with Gasteiger partial charge in [-0.15, -0.1) is 0 Å². The van der Waals surface area contributed by atoms with E-state index in [1.807, 2.05) is 13.8 Å². The van der Waals surface area contributed by atoms with E-state index in [0.29, 0.717) is 43.3 Å². The summed E-state index contributed by atoms with van der Waals surface area (Å²) < 4.78 is 6.31. The molecule has 0 amide bonds. The summed E-state index contributed by atoms with van der Waals surface area (Å²) in [5, 5.41) is 30.9. The van der Waals surface area contributed by atoms with Crippen LogP contribution in [0.5, 0.6) is 0 Å². The zero-order valence-electron chi connectivity index (χ0n) is 20.8. The standard InChI is InChI=1S/C28H46O4/c1-6-28(31,7-2)15-16-32-20(4)23-12-13-24-22(9-8-14-27(23,24)5)11-10-21-17-25(29)19(3)26(30)18-21/h10-11,20,23-26,29-31H,3,6-9,12-18H2,1-2,4-5H3/b22-11+/t20-,23?,24?,25-,26-,27-/m1/s1. The second-order valence-electron chi connectivity index (χ2n) is 10.9. The van der Waals surface area contributed by atoms with Crippen LogP contribution >= 0.6 is 0 Å². The van der Waals surface area contributed by atoms with Crippen molar-refractivity contribution in [2.24, 2.45) is 17.3 Å². The molecule has 0 heterocycles. The minimum atomic E-state index is -0.632. The molecule has 3 rings (SSSR count). The summed E-state index contributed by atoms with van der Waals surface area (Å²) in [5.41, 5.74) is 2.85. The molecule has 0 aromatic heterocycles. The predicted octanol–water partition coefficient (Wildman–Crippen LogP) is 5.47. The van der Waals surface area contributed by atoms with Gasteiger partial charge in [-0.25, -0.2) is 0 Å². The highest BCUT2D eigenvalue weighted by molar-refractivity contribution is 5.29. The number of ether oxygens (including phenoxy) is 1. The van der Waals surface area contributed by atoms with Gasteiger partial charge in [0.25, 0.3) is 0 Å². The first-order valence-corrected chi connectivity index (χ1v) is 12.9. The third-order valence-corrected chi connectivity index (χ3v) is 9.17. The zero-order valence-corrected chi connectivity index (χ0v) is 20.8. The molecule has 3 fully saturated rings. The van der Waals surface area contributed by atoms with Gasteiger partial charge in [-0.2, -0.15) is 0 Å². The van der Waals surface area contributed by atoms with E-state index < -0.39 is 17.8 Å². The fourth-order valence-electron chi connectivity index (χ4n) is 6.63. The van der Waals surface area contributed by atoms with Crippen molar-refractivity contribution in [3.05, 3.63) is 35.5 Å². The Morgan fingerprint density at radius 2 is 1.81 bits per heavy atom. The Labute approximate surface area is 195 Å². The van der Waals surface area contributed by atoms with E-state index in [0.717, 1.165) is 24.8 Å². The van der Waals surface area contributed by atoms with E-state index in [4.69, 9.17) is 4.74 Å². The van der Waals surface area contributed by atoms with E-state index in [1.165, 1.54) is 31.3 Å². The van der Waals surface area contributed by atoms with Crippen LogP contribution in [0.15, 0.2) is 35.5 Å². The highest BCUT2D eigenvalue weighted by atomic mass is 16.5. The molecule has 182 valence electrons. The van der Waals surface area contributed by atoms with E-state index in [1.54, 1.807) is 0 Å². The van der Waals surface area contributed by atoms with Gasteiger partial charge in [0.05, 0.1) is 23.9 Å². The Hall–Kier alpha value is -0.940. The Kier molecular flexibility index (Phi) is 8.46. The molecule has 3 saturated carbocycles. The smallest absolute Gasteiger partial charge is 0.0809 e. The third kappa shape index (κ3) is 5.41. The Balaban J connectivity index is 1.65. The first-order valence-electron chi connectivity index (χ1n) is 12.9. The predicted molar refractivity (Wildman–Crippen MR) is 130 cm³/mol. The molecular formula is C28H46O4. The molecule has 0 radical (unpaired) electrons. The van der Waals surface area contributed by atoms with Crippen molar-refractivity contribution in [1.82, 2.24) is 0 Å². The van der Waals surface area contributed by atoms with E-state index in [9.17, 15) is 15.3 Å². The van der Waals surface area contributed by atoms with Gasteiger partial charge in [-0.05, 0) is 94.0 Å². The molecule has 0 saturated heterocycles. The first-order chi connectivity index (χ1) is 15.1. The third-order valence-electron chi connectivity index (χ3n) is 9.17. The molecule has 0 bridgehead atoms. The van der Waals surface area contributed by atoms with Crippen LogP contribution in [0.1, 0.15) is 91.9 Å². The van der Waals surface area contributed by atoms with Gasteiger partial charge >= 0.3 is 0 Å². The maximum Gasteiger partial charge on any atom is 0.0809 e. The first kappa shape index (κ1) is 25.7. The SMILES string of the molecule is C=C1[C@H](O)CC(=C/C=C2\CCC[C@@]3(C)C2CCC3[C@@H](C)OCCC(O)(CC)CC)C[C@H]1O. The minimum Gasteiger partial charge on any atom is -0.390 e. The Morgan fingerprint density at radius 1 is 1.16 bits per heavy atom. The van der Waals surface area contributed by atoms with Crippen molar-refractivity contribution in [3.63, 3.8) is 0 Å². The highest BCUT2D eigenvalue weighted by Crippen LogP contribution is 2.58. The molecule has 0 aromatic carbocycles. The van der Waals surface area contributed by atoms with Crippen molar-refractivity contribution in [2.75, 3.05) is 6.61 Å². The largest absolute Gasteiger partial charge is 0.390 e. The number of aliphatic hydroxyl groups excluding tert-OH is 2. The molecule has 3 aliphatic rings. The Bertz CT molecular complexity index is 703. The number of rotatable bonds is 8. The number of aliphatic hydroxyl groups is 3. The molecule has 4 heteroatoms. The van der Waals surface area contributed by atoms with Crippen LogP contribution in [0.3, 0.4) is 0 Å². The quantitative estimate of drug-likeness (QED) is 0.432. The summed E-state index contributed by atoms with van der Waals surface area (Å²) >= 11 is 0. The van der Waals surface area contributed by atoms with Crippen LogP contribution in [0.4, 0.5) is 0 Å². The van der Waals surface area contributed by atoms with Gasteiger partial charge in [0.2, 0.25) is 0 Å². The number of hydrogen-bond acceptors (Lipinski definition) is 4. The van der Waals surface area contributed by atoms with Gasteiger partial charge < -0.3 is 20.1 Å². The molecular weight excluding hydrogens is 400 g/mol. The maximum absolute atomic E-state index is 10.6.